The number of rotatable bonds is 4. The fourth-order valence-electron chi connectivity index (χ4n) is 12.2. The number of hydrogen-bond acceptors (Lipinski definition) is 2. The molecular formula is C64H50N6. The number of aromatic nitrogens is 4. The summed E-state index contributed by atoms with van der Waals surface area (Å²) in [5.41, 5.74) is 19.9. The Hall–Kier alpha value is -8.58. The van der Waals surface area contributed by atoms with Gasteiger partial charge in [0.15, 0.2) is 0 Å². The van der Waals surface area contributed by atoms with Crippen molar-refractivity contribution in [1.29, 1.82) is 10.5 Å². The molecular weight excluding hydrogens is 853 g/mol. The third kappa shape index (κ3) is 5.77. The first-order chi connectivity index (χ1) is 33.9. The number of aryl methyl sites for hydroxylation is 8. The maximum absolute atomic E-state index is 12.6. The highest BCUT2D eigenvalue weighted by Crippen LogP contribution is 2.55. The van der Waals surface area contributed by atoms with Crippen LogP contribution in [0.15, 0.2) is 151 Å². The van der Waals surface area contributed by atoms with Crippen molar-refractivity contribution in [2.24, 2.45) is 5.92 Å². The molecule has 0 radical (unpaired) electrons. The number of nitriles is 2. The molecule has 1 aliphatic rings. The fraction of sp³-hybridized carbons (Fsp3) is 0.156. The summed E-state index contributed by atoms with van der Waals surface area (Å²) < 4.78 is 9.41. The quantitative estimate of drug-likeness (QED) is 0.177. The molecule has 0 bridgehead atoms. The average Bonchev–Trinajstić information content (AvgIpc) is 4.03. The highest BCUT2D eigenvalue weighted by molar-refractivity contribution is 6.19. The Morgan fingerprint density at radius 3 is 0.871 bits per heavy atom. The molecule has 0 N–H and O–H groups in total. The third-order valence-electron chi connectivity index (χ3n) is 15.2. The largest absolute Gasteiger partial charge is 0.330 e. The van der Waals surface area contributed by atoms with Crippen LogP contribution >= 0.6 is 0 Å². The van der Waals surface area contributed by atoms with Gasteiger partial charge in [0.1, 0.15) is 12.0 Å². The molecule has 12 aromatic rings. The second-order valence-electron chi connectivity index (χ2n) is 20.2. The highest BCUT2D eigenvalue weighted by Gasteiger charge is 2.45. The van der Waals surface area contributed by atoms with Gasteiger partial charge in [0, 0.05) is 54.1 Å². The second-order valence-corrected chi connectivity index (χ2v) is 20.2. The van der Waals surface area contributed by atoms with Crippen molar-refractivity contribution in [1.82, 2.24) is 18.3 Å². The standard InChI is InChI=1S/C64H50N6/c1-35-9-17-53-43(25-35)44-26-36(2)10-18-54(44)67(53)61-51(33-65)63(69-57-21-13-39(5)29-47(57)48-30-40(6)14-22-58(48)69)64(70-59-23-15-41(7)31-49(59)50-32-42(8)16-24-60(50)70)52(34-66)62(61)68-55-19-11-37(3)27-45(55)46-28-38(4)12-20-56(46)68/h9-32,51,61H,1-8H3. The van der Waals surface area contributed by atoms with Gasteiger partial charge in [-0.3, -0.25) is 0 Å². The Labute approximate surface area is 406 Å². The van der Waals surface area contributed by atoms with Crippen LogP contribution in [-0.2, 0) is 0 Å². The number of allylic oxidation sites excluding steroid dienone is 4. The van der Waals surface area contributed by atoms with Gasteiger partial charge in [0.05, 0.1) is 67.9 Å². The Bertz CT molecular complexity index is 4240. The minimum atomic E-state index is -0.850. The van der Waals surface area contributed by atoms with E-state index in [9.17, 15) is 10.5 Å². The molecule has 0 saturated carbocycles. The van der Waals surface area contributed by atoms with Gasteiger partial charge < -0.3 is 18.3 Å². The molecule has 6 heteroatoms. The van der Waals surface area contributed by atoms with Gasteiger partial charge in [0.2, 0.25) is 0 Å². The first-order valence-electron chi connectivity index (χ1n) is 24.3. The summed E-state index contributed by atoms with van der Waals surface area (Å²) in [5.74, 6) is -0.850. The third-order valence-corrected chi connectivity index (χ3v) is 15.2. The van der Waals surface area contributed by atoms with Crippen LogP contribution < -0.4 is 0 Å². The van der Waals surface area contributed by atoms with E-state index in [4.69, 9.17) is 0 Å². The van der Waals surface area contributed by atoms with Crippen molar-refractivity contribution < 1.29 is 0 Å². The van der Waals surface area contributed by atoms with E-state index in [2.05, 4.69) is 231 Å². The van der Waals surface area contributed by atoms with Crippen LogP contribution in [0.2, 0.25) is 0 Å². The number of hydrogen-bond donors (Lipinski definition) is 0. The van der Waals surface area contributed by atoms with Gasteiger partial charge in [-0.1, -0.05) is 93.0 Å². The summed E-state index contributed by atoms with van der Waals surface area (Å²) in [4.78, 5) is 0. The minimum Gasteiger partial charge on any atom is -0.330 e. The van der Waals surface area contributed by atoms with E-state index in [0.29, 0.717) is 11.3 Å². The van der Waals surface area contributed by atoms with Gasteiger partial charge in [-0.2, -0.15) is 10.5 Å². The lowest BCUT2D eigenvalue weighted by atomic mass is 9.83. The number of fused-ring (bicyclic) bond motifs is 12. The summed E-state index contributed by atoms with van der Waals surface area (Å²) >= 11 is 0. The van der Waals surface area contributed by atoms with Crippen molar-refractivity contribution >= 4 is 104 Å². The lowest BCUT2D eigenvalue weighted by Gasteiger charge is -2.38. The Morgan fingerprint density at radius 1 is 0.329 bits per heavy atom. The van der Waals surface area contributed by atoms with E-state index in [1.54, 1.807) is 0 Å². The van der Waals surface area contributed by atoms with E-state index in [-0.39, 0.29) is 0 Å². The summed E-state index contributed by atoms with van der Waals surface area (Å²) in [5, 5.41) is 34.1. The number of benzene rings is 8. The van der Waals surface area contributed by atoms with Gasteiger partial charge in [-0.25, -0.2) is 0 Å². The predicted molar refractivity (Wildman–Crippen MR) is 292 cm³/mol. The molecule has 0 fully saturated rings. The molecule has 2 unspecified atom stereocenters. The van der Waals surface area contributed by atoms with E-state index >= 15 is 0 Å². The molecule has 4 aromatic heterocycles. The zero-order valence-corrected chi connectivity index (χ0v) is 40.7. The molecule has 1 aliphatic carbocycles. The average molecular weight is 903 g/mol. The van der Waals surface area contributed by atoms with Crippen molar-refractivity contribution in [2.75, 3.05) is 0 Å². The summed E-state index contributed by atoms with van der Waals surface area (Å²) in [6.07, 6.45) is 0. The van der Waals surface area contributed by atoms with Crippen molar-refractivity contribution in [3.8, 4) is 12.1 Å². The SMILES string of the molecule is Cc1ccc2c(c1)c1cc(C)ccc1n2C1=C(n2c3ccc(C)cc3c3cc(C)ccc32)C(C#N)C(n2c3ccc(C)cc3c3cc(C)ccc32)C(n2c3ccc(C)cc3c3cc(C)ccc32)=C1C#N. The van der Waals surface area contributed by atoms with Crippen molar-refractivity contribution in [3.05, 3.63) is 196 Å². The van der Waals surface area contributed by atoms with E-state index in [0.717, 1.165) is 143 Å². The van der Waals surface area contributed by atoms with Crippen molar-refractivity contribution in [3.63, 3.8) is 0 Å². The zero-order chi connectivity index (χ0) is 48.0. The van der Waals surface area contributed by atoms with Crippen LogP contribution in [0.3, 0.4) is 0 Å². The first-order valence-corrected chi connectivity index (χ1v) is 24.3. The van der Waals surface area contributed by atoms with Gasteiger partial charge in [-0.05, 0) is 152 Å². The van der Waals surface area contributed by atoms with Crippen LogP contribution in [0.25, 0.3) is 104 Å². The van der Waals surface area contributed by atoms with Crippen LogP contribution in [0.4, 0.5) is 0 Å². The number of nitrogens with zero attached hydrogens (tertiary/aromatic N) is 6. The summed E-state index contributed by atoms with van der Waals surface area (Å²) in [6.45, 7) is 17.1. The summed E-state index contributed by atoms with van der Waals surface area (Å²) in [6, 6.07) is 58.6. The molecule has 0 saturated heterocycles. The Kier molecular flexibility index (Phi) is 8.89. The first kappa shape index (κ1) is 41.6. The van der Waals surface area contributed by atoms with E-state index in [1.165, 1.54) is 0 Å². The Morgan fingerprint density at radius 2 is 0.586 bits per heavy atom. The van der Waals surface area contributed by atoms with Gasteiger partial charge in [-0.15, -0.1) is 0 Å². The van der Waals surface area contributed by atoms with Crippen LogP contribution in [0.1, 0.15) is 50.5 Å². The van der Waals surface area contributed by atoms with Crippen LogP contribution in [-0.4, -0.2) is 18.3 Å². The lowest BCUT2D eigenvalue weighted by Crippen LogP contribution is -2.31. The molecule has 0 aliphatic heterocycles. The van der Waals surface area contributed by atoms with E-state index in [1.807, 2.05) is 0 Å². The molecule has 70 heavy (non-hydrogen) atoms. The normalized spacial score (nSPS) is 15.6. The molecule has 336 valence electrons. The molecule has 8 aromatic carbocycles. The highest BCUT2D eigenvalue weighted by atomic mass is 15.2. The molecule has 0 amide bonds. The zero-order valence-electron chi connectivity index (χ0n) is 40.7. The fourth-order valence-corrected chi connectivity index (χ4v) is 12.2. The topological polar surface area (TPSA) is 67.3 Å². The van der Waals surface area contributed by atoms with Crippen LogP contribution in [0, 0.1) is 84.0 Å². The maximum Gasteiger partial charge on any atom is 0.115 e. The predicted octanol–water partition coefficient (Wildman–Crippen LogP) is 16.2. The van der Waals surface area contributed by atoms with Crippen LogP contribution in [0.5, 0.6) is 0 Å². The molecule has 4 heterocycles. The summed E-state index contributed by atoms with van der Waals surface area (Å²) in [7, 11) is 0. The van der Waals surface area contributed by atoms with Gasteiger partial charge >= 0.3 is 0 Å². The smallest absolute Gasteiger partial charge is 0.115 e. The monoisotopic (exact) mass is 902 g/mol. The van der Waals surface area contributed by atoms with Gasteiger partial charge in [0.25, 0.3) is 0 Å². The maximum atomic E-state index is 12.6. The molecule has 6 nitrogen and oxygen atoms in total. The molecule has 13 rings (SSSR count). The lowest BCUT2D eigenvalue weighted by molar-refractivity contribution is 0.557. The molecule has 2 atom stereocenters. The van der Waals surface area contributed by atoms with Crippen molar-refractivity contribution in [2.45, 2.75) is 61.4 Å². The van der Waals surface area contributed by atoms with E-state index < -0.39 is 12.0 Å². The molecule has 0 spiro atoms. The minimum absolute atomic E-state index is 0.509. The Balaban J connectivity index is 1.33. The second kappa shape index (κ2) is 15.0.